The van der Waals surface area contributed by atoms with Gasteiger partial charge in [-0.2, -0.15) is 0 Å². The number of halogens is 2. The zero-order valence-electron chi connectivity index (χ0n) is 9.41. The first-order valence-electron chi connectivity index (χ1n) is 5.12. The maximum atomic E-state index is 11.7. The molecule has 0 aromatic heterocycles. The van der Waals surface area contributed by atoms with Crippen LogP contribution in [0.3, 0.4) is 0 Å². The van der Waals surface area contributed by atoms with Crippen LogP contribution in [0.5, 0.6) is 0 Å². The lowest BCUT2D eigenvalue weighted by atomic mass is 10.3. The Kier molecular flexibility index (Phi) is 5.55. The molecule has 0 fully saturated rings. The highest BCUT2D eigenvalue weighted by Gasteiger charge is 2.10. The highest BCUT2D eigenvalue weighted by molar-refractivity contribution is 6.35. The third-order valence-electron chi connectivity index (χ3n) is 2.17. The van der Waals surface area contributed by atoms with Crippen LogP contribution in [0.2, 0.25) is 10.0 Å². The minimum Gasteiger partial charge on any atom is -0.396 e. The lowest BCUT2D eigenvalue weighted by Crippen LogP contribution is -2.32. The number of anilines is 1. The maximum Gasteiger partial charge on any atom is 0.321 e. The molecule has 6 heteroatoms. The fourth-order valence-electron chi connectivity index (χ4n) is 1.21. The van der Waals surface area contributed by atoms with E-state index in [-0.39, 0.29) is 12.6 Å². The second-order valence-corrected chi connectivity index (χ2v) is 4.40. The summed E-state index contributed by atoms with van der Waals surface area (Å²) in [4.78, 5) is 13.2. The van der Waals surface area contributed by atoms with Gasteiger partial charge in [0.05, 0.1) is 10.7 Å². The van der Waals surface area contributed by atoms with E-state index in [4.69, 9.17) is 28.3 Å². The molecule has 0 aliphatic rings. The Bertz CT molecular complexity index is 399. The van der Waals surface area contributed by atoms with Crippen LogP contribution in [0.4, 0.5) is 10.5 Å². The van der Waals surface area contributed by atoms with Crippen molar-refractivity contribution >= 4 is 34.9 Å². The molecule has 0 spiro atoms. The van der Waals surface area contributed by atoms with E-state index >= 15 is 0 Å². The molecule has 0 saturated heterocycles. The number of nitrogens with zero attached hydrogens (tertiary/aromatic N) is 1. The summed E-state index contributed by atoms with van der Waals surface area (Å²) in [5.74, 6) is 0. The Morgan fingerprint density at radius 3 is 2.82 bits per heavy atom. The number of carbonyl (C=O) groups is 1. The third-order valence-corrected chi connectivity index (χ3v) is 2.73. The van der Waals surface area contributed by atoms with Gasteiger partial charge in [0, 0.05) is 25.2 Å². The number of aliphatic hydroxyl groups excluding tert-OH is 1. The molecular formula is C11H14Cl2N2O2. The van der Waals surface area contributed by atoms with Gasteiger partial charge in [0.15, 0.2) is 0 Å². The van der Waals surface area contributed by atoms with Crippen molar-refractivity contribution < 1.29 is 9.90 Å². The van der Waals surface area contributed by atoms with Crippen LogP contribution >= 0.6 is 23.2 Å². The van der Waals surface area contributed by atoms with Gasteiger partial charge in [-0.25, -0.2) is 4.79 Å². The minimum atomic E-state index is -0.289. The molecule has 0 radical (unpaired) electrons. The van der Waals surface area contributed by atoms with Crippen LogP contribution in [0.15, 0.2) is 18.2 Å². The van der Waals surface area contributed by atoms with E-state index in [1.807, 2.05) is 0 Å². The first kappa shape index (κ1) is 14.1. The van der Waals surface area contributed by atoms with Crippen molar-refractivity contribution in [3.8, 4) is 0 Å². The maximum absolute atomic E-state index is 11.7. The molecule has 4 nitrogen and oxygen atoms in total. The molecule has 1 rings (SSSR count). The van der Waals surface area contributed by atoms with Crippen molar-refractivity contribution in [2.75, 3.05) is 25.5 Å². The number of aliphatic hydroxyl groups is 1. The van der Waals surface area contributed by atoms with Crippen molar-refractivity contribution in [1.29, 1.82) is 0 Å². The number of nitrogens with one attached hydrogen (secondary N) is 1. The standard InChI is InChI=1S/C11H14Cl2N2O2/c1-15(5-2-6-16)11(17)14-10-7-8(12)3-4-9(10)13/h3-4,7,16H,2,5-6H2,1H3,(H,14,17). The second-order valence-electron chi connectivity index (χ2n) is 3.55. The molecule has 94 valence electrons. The molecule has 0 bridgehead atoms. The van der Waals surface area contributed by atoms with E-state index < -0.39 is 0 Å². The highest BCUT2D eigenvalue weighted by atomic mass is 35.5. The number of hydrogen-bond acceptors (Lipinski definition) is 2. The van der Waals surface area contributed by atoms with E-state index in [2.05, 4.69) is 5.32 Å². The van der Waals surface area contributed by atoms with Gasteiger partial charge in [-0.05, 0) is 24.6 Å². The lowest BCUT2D eigenvalue weighted by molar-refractivity contribution is 0.214. The van der Waals surface area contributed by atoms with Gasteiger partial charge in [0.25, 0.3) is 0 Å². The SMILES string of the molecule is CN(CCCO)C(=O)Nc1cc(Cl)ccc1Cl. The summed E-state index contributed by atoms with van der Waals surface area (Å²) < 4.78 is 0. The topological polar surface area (TPSA) is 52.6 Å². The zero-order chi connectivity index (χ0) is 12.8. The van der Waals surface area contributed by atoms with E-state index in [0.29, 0.717) is 28.7 Å². The van der Waals surface area contributed by atoms with Gasteiger partial charge in [-0.15, -0.1) is 0 Å². The fourth-order valence-corrected chi connectivity index (χ4v) is 1.55. The van der Waals surface area contributed by atoms with Gasteiger partial charge in [-0.1, -0.05) is 23.2 Å². The summed E-state index contributed by atoms with van der Waals surface area (Å²) >= 11 is 11.7. The predicted octanol–water partition coefficient (Wildman–Crippen LogP) is 2.84. The van der Waals surface area contributed by atoms with Crippen LogP contribution in [0, 0.1) is 0 Å². The fraction of sp³-hybridized carbons (Fsp3) is 0.364. The molecule has 17 heavy (non-hydrogen) atoms. The summed E-state index contributed by atoms with van der Waals surface area (Å²) in [6.07, 6.45) is 0.535. The number of rotatable bonds is 4. The van der Waals surface area contributed by atoms with Crippen molar-refractivity contribution in [2.24, 2.45) is 0 Å². The van der Waals surface area contributed by atoms with Crippen LogP contribution in [0.1, 0.15) is 6.42 Å². The van der Waals surface area contributed by atoms with E-state index in [0.717, 1.165) is 0 Å². The first-order valence-corrected chi connectivity index (χ1v) is 5.88. The molecular weight excluding hydrogens is 263 g/mol. The molecule has 0 saturated carbocycles. The highest BCUT2D eigenvalue weighted by Crippen LogP contribution is 2.25. The summed E-state index contributed by atoms with van der Waals surface area (Å²) in [5.41, 5.74) is 0.472. The van der Waals surface area contributed by atoms with Crippen LogP contribution in [-0.2, 0) is 0 Å². The smallest absolute Gasteiger partial charge is 0.321 e. The molecule has 0 atom stereocenters. The van der Waals surface area contributed by atoms with Crippen molar-refractivity contribution in [3.63, 3.8) is 0 Å². The Balaban J connectivity index is 2.64. The van der Waals surface area contributed by atoms with E-state index in [1.54, 1.807) is 25.2 Å². The largest absolute Gasteiger partial charge is 0.396 e. The molecule has 2 amide bonds. The Morgan fingerprint density at radius 1 is 1.47 bits per heavy atom. The Morgan fingerprint density at radius 2 is 2.18 bits per heavy atom. The average molecular weight is 277 g/mol. The molecule has 0 aliphatic carbocycles. The predicted molar refractivity (Wildman–Crippen MR) is 69.8 cm³/mol. The van der Waals surface area contributed by atoms with Gasteiger partial charge in [0.2, 0.25) is 0 Å². The minimum absolute atomic E-state index is 0.0511. The van der Waals surface area contributed by atoms with Crippen LogP contribution in [0.25, 0.3) is 0 Å². The van der Waals surface area contributed by atoms with E-state index in [1.165, 1.54) is 4.90 Å². The molecule has 0 heterocycles. The lowest BCUT2D eigenvalue weighted by Gasteiger charge is -2.17. The quantitative estimate of drug-likeness (QED) is 0.889. The number of urea groups is 1. The first-order chi connectivity index (χ1) is 8.04. The van der Waals surface area contributed by atoms with Crippen molar-refractivity contribution in [3.05, 3.63) is 28.2 Å². The Hall–Kier alpha value is -0.970. The normalized spacial score (nSPS) is 10.1. The molecule has 0 unspecified atom stereocenters. The van der Waals surface area contributed by atoms with E-state index in [9.17, 15) is 4.79 Å². The number of hydrogen-bond donors (Lipinski definition) is 2. The number of amides is 2. The molecule has 0 aliphatic heterocycles. The van der Waals surface area contributed by atoms with Gasteiger partial charge in [-0.3, -0.25) is 0 Å². The molecule has 1 aromatic rings. The van der Waals surface area contributed by atoms with Gasteiger partial charge < -0.3 is 15.3 Å². The monoisotopic (exact) mass is 276 g/mol. The molecule has 1 aromatic carbocycles. The second kappa shape index (κ2) is 6.69. The summed E-state index contributed by atoms with van der Waals surface area (Å²) in [7, 11) is 1.64. The van der Waals surface area contributed by atoms with Crippen molar-refractivity contribution in [2.45, 2.75) is 6.42 Å². The van der Waals surface area contributed by atoms with Crippen LogP contribution in [-0.4, -0.2) is 36.2 Å². The number of benzene rings is 1. The number of carbonyl (C=O) groups excluding carboxylic acids is 1. The summed E-state index contributed by atoms with van der Waals surface area (Å²) in [5, 5.41) is 12.3. The third kappa shape index (κ3) is 4.42. The molecule has 2 N–H and O–H groups in total. The Labute approximate surface area is 110 Å². The zero-order valence-corrected chi connectivity index (χ0v) is 10.9. The average Bonchev–Trinajstić information content (AvgIpc) is 2.30. The van der Waals surface area contributed by atoms with Crippen LogP contribution < -0.4 is 5.32 Å². The van der Waals surface area contributed by atoms with Gasteiger partial charge >= 0.3 is 6.03 Å². The van der Waals surface area contributed by atoms with Gasteiger partial charge in [0.1, 0.15) is 0 Å². The summed E-state index contributed by atoms with van der Waals surface area (Å²) in [6, 6.07) is 4.56. The van der Waals surface area contributed by atoms with Crippen molar-refractivity contribution in [1.82, 2.24) is 4.90 Å². The summed E-state index contributed by atoms with van der Waals surface area (Å²) in [6.45, 7) is 0.524.